The molecule has 23 heavy (non-hydrogen) atoms. The largest absolute Gasteiger partial charge is 0.465 e. The van der Waals surface area contributed by atoms with E-state index in [1.807, 2.05) is 0 Å². The molecular weight excluding hydrogens is 320 g/mol. The topological polar surface area (TPSA) is 75.7 Å². The lowest BCUT2D eigenvalue weighted by Gasteiger charge is -2.19. The fourth-order valence-corrected chi connectivity index (χ4v) is 2.62. The summed E-state index contributed by atoms with van der Waals surface area (Å²) in [6, 6.07) is 4.35. The molecule has 1 aliphatic rings. The van der Waals surface area contributed by atoms with Gasteiger partial charge in [0, 0.05) is 13.1 Å². The average Bonchev–Trinajstić information content (AvgIpc) is 2.84. The van der Waals surface area contributed by atoms with Crippen LogP contribution in [0.5, 0.6) is 0 Å². The summed E-state index contributed by atoms with van der Waals surface area (Å²) in [4.78, 5) is 37.5. The number of methoxy groups -OCH3 is 1. The Morgan fingerprint density at radius 3 is 2.39 bits per heavy atom. The van der Waals surface area contributed by atoms with E-state index in [1.54, 1.807) is 4.90 Å². The Morgan fingerprint density at radius 1 is 1.13 bits per heavy atom. The van der Waals surface area contributed by atoms with Crippen molar-refractivity contribution in [3.63, 3.8) is 0 Å². The van der Waals surface area contributed by atoms with Crippen molar-refractivity contribution in [2.75, 3.05) is 25.5 Å². The SMILES string of the molecule is COC(=O)c1ccc(Cl)c(NC(=O)C(=O)N2CCCCCC2)c1. The zero-order valence-electron chi connectivity index (χ0n) is 12.9. The van der Waals surface area contributed by atoms with Crippen molar-refractivity contribution >= 4 is 35.1 Å². The van der Waals surface area contributed by atoms with Crippen LogP contribution in [0.1, 0.15) is 36.0 Å². The van der Waals surface area contributed by atoms with Crippen LogP contribution in [0.4, 0.5) is 5.69 Å². The van der Waals surface area contributed by atoms with Crippen molar-refractivity contribution in [2.24, 2.45) is 0 Å². The lowest BCUT2D eigenvalue weighted by atomic mass is 10.2. The first kappa shape index (κ1) is 17.3. The van der Waals surface area contributed by atoms with Gasteiger partial charge in [0.15, 0.2) is 0 Å². The van der Waals surface area contributed by atoms with Crippen LogP contribution in [0.15, 0.2) is 18.2 Å². The number of hydrogen-bond donors (Lipinski definition) is 1. The zero-order valence-corrected chi connectivity index (χ0v) is 13.7. The molecule has 0 spiro atoms. The van der Waals surface area contributed by atoms with Crippen molar-refractivity contribution in [2.45, 2.75) is 25.7 Å². The molecule has 0 atom stereocenters. The first-order valence-electron chi connectivity index (χ1n) is 7.51. The van der Waals surface area contributed by atoms with Gasteiger partial charge in [0.2, 0.25) is 0 Å². The van der Waals surface area contributed by atoms with Crippen LogP contribution in [0.25, 0.3) is 0 Å². The van der Waals surface area contributed by atoms with Gasteiger partial charge >= 0.3 is 17.8 Å². The minimum absolute atomic E-state index is 0.211. The fraction of sp³-hybridized carbons (Fsp3) is 0.438. The summed E-state index contributed by atoms with van der Waals surface area (Å²) in [6.45, 7) is 1.17. The number of halogens is 1. The molecule has 0 bridgehead atoms. The van der Waals surface area contributed by atoms with Crippen LogP contribution in [-0.2, 0) is 14.3 Å². The smallest absolute Gasteiger partial charge is 0.337 e. The van der Waals surface area contributed by atoms with E-state index >= 15 is 0 Å². The number of ether oxygens (including phenoxy) is 1. The second-order valence-electron chi connectivity index (χ2n) is 5.35. The maximum atomic E-state index is 12.2. The van der Waals surface area contributed by atoms with E-state index in [2.05, 4.69) is 10.1 Å². The number of nitrogens with one attached hydrogen (secondary N) is 1. The van der Waals surface area contributed by atoms with Crippen LogP contribution in [0.2, 0.25) is 5.02 Å². The summed E-state index contributed by atoms with van der Waals surface area (Å²) in [5.41, 5.74) is 0.456. The molecule has 1 N–H and O–H groups in total. The van der Waals surface area contributed by atoms with E-state index in [0.717, 1.165) is 25.7 Å². The van der Waals surface area contributed by atoms with Crippen LogP contribution < -0.4 is 5.32 Å². The van der Waals surface area contributed by atoms with Crippen molar-refractivity contribution < 1.29 is 19.1 Å². The highest BCUT2D eigenvalue weighted by Crippen LogP contribution is 2.23. The third-order valence-corrected chi connectivity index (χ3v) is 4.05. The number of anilines is 1. The molecule has 0 aliphatic carbocycles. The Kier molecular flexibility index (Phi) is 5.98. The molecule has 6 nitrogen and oxygen atoms in total. The second-order valence-corrected chi connectivity index (χ2v) is 5.75. The van der Waals surface area contributed by atoms with Crippen molar-refractivity contribution in [3.05, 3.63) is 28.8 Å². The zero-order chi connectivity index (χ0) is 16.8. The van der Waals surface area contributed by atoms with Gasteiger partial charge in [0.1, 0.15) is 0 Å². The maximum absolute atomic E-state index is 12.2. The molecule has 2 rings (SSSR count). The molecule has 0 unspecified atom stereocenters. The van der Waals surface area contributed by atoms with Crippen LogP contribution in [0, 0.1) is 0 Å². The molecule has 0 aromatic heterocycles. The number of amides is 2. The molecular formula is C16H19ClN2O4. The summed E-state index contributed by atoms with van der Waals surface area (Å²) >= 11 is 6.01. The minimum Gasteiger partial charge on any atom is -0.465 e. The maximum Gasteiger partial charge on any atom is 0.337 e. The number of carbonyl (C=O) groups is 3. The van der Waals surface area contributed by atoms with Crippen molar-refractivity contribution in [1.29, 1.82) is 0 Å². The van der Waals surface area contributed by atoms with Gasteiger partial charge in [0.05, 0.1) is 23.4 Å². The first-order chi connectivity index (χ1) is 11.0. The van der Waals surface area contributed by atoms with Crippen molar-refractivity contribution in [3.8, 4) is 0 Å². The lowest BCUT2D eigenvalue weighted by Crippen LogP contribution is -2.40. The van der Waals surface area contributed by atoms with Crippen molar-refractivity contribution in [1.82, 2.24) is 4.90 Å². The van der Waals surface area contributed by atoms with E-state index in [4.69, 9.17) is 11.6 Å². The highest BCUT2D eigenvalue weighted by atomic mass is 35.5. The standard InChI is InChI=1S/C16H19ClN2O4/c1-23-16(22)11-6-7-12(17)13(10-11)18-14(20)15(21)19-8-4-2-3-5-9-19/h6-7,10H,2-5,8-9H2,1H3,(H,18,20). The Bertz CT molecular complexity index is 610. The molecule has 0 saturated carbocycles. The normalized spacial score (nSPS) is 14.8. The van der Waals surface area contributed by atoms with Gasteiger partial charge in [-0.05, 0) is 31.0 Å². The minimum atomic E-state index is -0.754. The number of esters is 1. The fourth-order valence-electron chi connectivity index (χ4n) is 2.46. The van der Waals surface area contributed by atoms with Gasteiger partial charge in [-0.1, -0.05) is 24.4 Å². The molecule has 0 radical (unpaired) electrons. The predicted octanol–water partition coefficient (Wildman–Crippen LogP) is 2.47. The van der Waals surface area contributed by atoms with Gasteiger partial charge in [0.25, 0.3) is 0 Å². The number of carbonyl (C=O) groups excluding carboxylic acids is 3. The number of benzene rings is 1. The van der Waals surface area contributed by atoms with Gasteiger partial charge in [-0.15, -0.1) is 0 Å². The molecule has 1 aromatic carbocycles. The van der Waals surface area contributed by atoms with E-state index in [9.17, 15) is 14.4 Å². The van der Waals surface area contributed by atoms with Crippen LogP contribution >= 0.6 is 11.6 Å². The summed E-state index contributed by atoms with van der Waals surface area (Å²) < 4.78 is 4.62. The van der Waals surface area contributed by atoms with Gasteiger partial charge in [-0.3, -0.25) is 9.59 Å². The molecule has 1 heterocycles. The highest BCUT2D eigenvalue weighted by molar-refractivity contribution is 6.41. The van der Waals surface area contributed by atoms with Crippen LogP contribution in [0.3, 0.4) is 0 Å². The summed E-state index contributed by atoms with van der Waals surface area (Å²) in [7, 11) is 1.26. The van der Waals surface area contributed by atoms with E-state index in [0.29, 0.717) is 13.1 Å². The summed E-state index contributed by atoms with van der Waals surface area (Å²) in [5.74, 6) is -1.88. The van der Waals surface area contributed by atoms with Gasteiger partial charge < -0.3 is 15.0 Å². The molecule has 124 valence electrons. The van der Waals surface area contributed by atoms with Crippen LogP contribution in [-0.4, -0.2) is 42.9 Å². The van der Waals surface area contributed by atoms with E-state index < -0.39 is 17.8 Å². The summed E-state index contributed by atoms with van der Waals surface area (Å²) in [5, 5.41) is 2.72. The first-order valence-corrected chi connectivity index (χ1v) is 7.89. The quantitative estimate of drug-likeness (QED) is 0.664. The highest BCUT2D eigenvalue weighted by Gasteiger charge is 2.23. The van der Waals surface area contributed by atoms with Gasteiger partial charge in [-0.25, -0.2) is 4.79 Å². The Balaban J connectivity index is 2.09. The second kappa shape index (κ2) is 7.97. The third kappa shape index (κ3) is 4.45. The lowest BCUT2D eigenvalue weighted by molar-refractivity contribution is -0.143. The number of hydrogen-bond acceptors (Lipinski definition) is 4. The number of rotatable bonds is 2. The molecule has 7 heteroatoms. The predicted molar refractivity (Wildman–Crippen MR) is 86.5 cm³/mol. The Morgan fingerprint density at radius 2 is 1.78 bits per heavy atom. The molecule has 1 aromatic rings. The number of nitrogens with zero attached hydrogens (tertiary/aromatic N) is 1. The monoisotopic (exact) mass is 338 g/mol. The molecule has 1 fully saturated rings. The van der Waals surface area contributed by atoms with Gasteiger partial charge in [-0.2, -0.15) is 0 Å². The average molecular weight is 339 g/mol. The Hall–Kier alpha value is -2.08. The third-order valence-electron chi connectivity index (χ3n) is 3.72. The molecule has 1 saturated heterocycles. The number of likely N-dealkylation sites (tertiary alicyclic amines) is 1. The molecule has 2 amide bonds. The van der Waals surface area contributed by atoms with E-state index in [-0.39, 0.29) is 16.3 Å². The summed E-state index contributed by atoms with van der Waals surface area (Å²) in [6.07, 6.45) is 3.94. The Labute approximate surface area is 139 Å². The molecule has 1 aliphatic heterocycles. The van der Waals surface area contributed by atoms with E-state index in [1.165, 1.54) is 25.3 Å².